The molecule has 0 aliphatic carbocycles. The van der Waals surface area contributed by atoms with Crippen LogP contribution < -0.4 is 24.7 Å². The van der Waals surface area contributed by atoms with Crippen LogP contribution in [-0.2, 0) is 0 Å². The second kappa shape index (κ2) is 8.50. The lowest BCUT2D eigenvalue weighted by atomic mass is 10.1. The third kappa shape index (κ3) is 3.56. The Balaban J connectivity index is 1.89. The van der Waals surface area contributed by atoms with Gasteiger partial charge < -0.3 is 24.7 Å². The van der Waals surface area contributed by atoms with Gasteiger partial charge in [0.2, 0.25) is 5.75 Å². The number of benzene rings is 3. The molecule has 4 aromatic rings. The average Bonchev–Trinajstić information content (AvgIpc) is 3.21. The van der Waals surface area contributed by atoms with Crippen LogP contribution in [0.4, 0.5) is 5.69 Å². The van der Waals surface area contributed by atoms with Crippen molar-refractivity contribution in [3.8, 4) is 34.3 Å². The van der Waals surface area contributed by atoms with E-state index in [2.05, 4.69) is 5.10 Å². The monoisotopic (exact) mass is 433 g/mol. The zero-order valence-corrected chi connectivity index (χ0v) is 18.2. The van der Waals surface area contributed by atoms with E-state index in [0.29, 0.717) is 39.7 Å². The lowest BCUT2D eigenvalue weighted by Crippen LogP contribution is -2.14. The van der Waals surface area contributed by atoms with Crippen molar-refractivity contribution in [2.75, 3.05) is 34.2 Å². The minimum absolute atomic E-state index is 0.326. The Labute approximate surface area is 185 Å². The van der Waals surface area contributed by atoms with Gasteiger partial charge in [-0.25, -0.2) is 0 Å². The predicted octanol–water partition coefficient (Wildman–Crippen LogP) is 4.01. The predicted molar refractivity (Wildman–Crippen MR) is 122 cm³/mol. The fraction of sp³-hybridized carbons (Fsp3) is 0.167. The molecule has 164 valence electrons. The molecule has 0 unspecified atom stereocenters. The fourth-order valence-electron chi connectivity index (χ4n) is 3.58. The largest absolute Gasteiger partial charge is 0.497 e. The molecule has 0 aliphatic heterocycles. The number of carbonyl (C=O) groups is 1. The third-order valence-corrected chi connectivity index (χ3v) is 5.17. The summed E-state index contributed by atoms with van der Waals surface area (Å²) in [5.74, 6) is 1.53. The van der Waals surface area contributed by atoms with Crippen molar-refractivity contribution in [3.63, 3.8) is 0 Å². The number of nitrogens with two attached hydrogens (primary N) is 1. The van der Waals surface area contributed by atoms with E-state index in [0.717, 1.165) is 16.7 Å². The van der Waals surface area contributed by atoms with Gasteiger partial charge in [-0.1, -0.05) is 0 Å². The van der Waals surface area contributed by atoms with Gasteiger partial charge in [0, 0.05) is 22.2 Å². The van der Waals surface area contributed by atoms with Gasteiger partial charge in [0.05, 0.1) is 34.0 Å². The molecule has 4 rings (SSSR count). The summed E-state index contributed by atoms with van der Waals surface area (Å²) in [5.41, 5.74) is 8.97. The second-order valence-electron chi connectivity index (χ2n) is 6.98. The van der Waals surface area contributed by atoms with Crippen LogP contribution in [0.2, 0.25) is 0 Å². The van der Waals surface area contributed by atoms with Crippen molar-refractivity contribution in [2.45, 2.75) is 0 Å². The highest BCUT2D eigenvalue weighted by atomic mass is 16.5. The number of nitrogen functional groups attached to an aromatic ring is 1. The molecule has 8 nitrogen and oxygen atoms in total. The first kappa shape index (κ1) is 21.0. The van der Waals surface area contributed by atoms with Crippen molar-refractivity contribution in [3.05, 3.63) is 60.2 Å². The smallest absolute Gasteiger partial charge is 0.279 e. The summed E-state index contributed by atoms with van der Waals surface area (Å²) in [7, 11) is 6.11. The van der Waals surface area contributed by atoms with Crippen LogP contribution in [0.1, 0.15) is 10.4 Å². The van der Waals surface area contributed by atoms with Crippen molar-refractivity contribution >= 4 is 22.5 Å². The van der Waals surface area contributed by atoms with Crippen LogP contribution in [0, 0.1) is 0 Å². The molecule has 0 spiro atoms. The summed E-state index contributed by atoms with van der Waals surface area (Å²) in [6.07, 6.45) is 0. The van der Waals surface area contributed by atoms with Gasteiger partial charge in [-0.15, -0.1) is 0 Å². The lowest BCUT2D eigenvalue weighted by molar-refractivity contribution is 0.0950. The highest BCUT2D eigenvalue weighted by Crippen LogP contribution is 2.39. The fourth-order valence-corrected chi connectivity index (χ4v) is 3.58. The van der Waals surface area contributed by atoms with Crippen molar-refractivity contribution in [1.82, 2.24) is 9.78 Å². The summed E-state index contributed by atoms with van der Waals surface area (Å²) in [4.78, 5) is 13.5. The number of methoxy groups -OCH3 is 4. The summed E-state index contributed by atoms with van der Waals surface area (Å²) in [6, 6.07) is 16.0. The van der Waals surface area contributed by atoms with E-state index in [1.54, 1.807) is 31.4 Å². The Kier molecular flexibility index (Phi) is 5.59. The molecule has 0 aliphatic rings. The van der Waals surface area contributed by atoms with E-state index in [1.165, 1.54) is 26.0 Å². The minimum atomic E-state index is -0.361. The highest BCUT2D eigenvalue weighted by Gasteiger charge is 2.22. The molecule has 3 aromatic carbocycles. The van der Waals surface area contributed by atoms with Gasteiger partial charge in [-0.05, 0) is 54.6 Å². The Bertz CT molecular complexity index is 1270. The van der Waals surface area contributed by atoms with E-state index < -0.39 is 0 Å². The molecule has 1 heterocycles. The van der Waals surface area contributed by atoms with E-state index in [1.807, 2.05) is 30.3 Å². The van der Waals surface area contributed by atoms with Gasteiger partial charge in [-0.3, -0.25) is 4.79 Å². The number of ether oxygens (including phenoxy) is 4. The molecular weight excluding hydrogens is 410 g/mol. The molecule has 32 heavy (non-hydrogen) atoms. The molecule has 0 radical (unpaired) electrons. The molecule has 0 fully saturated rings. The standard InChI is InChI=1S/C24H23N3O5/c1-29-17-8-5-14(6-9-17)22-18-10-7-16(25)13-19(18)27(26-22)24(28)15-11-20(30-2)23(32-4)21(12-15)31-3/h5-13H,25H2,1-4H3. The number of carbonyl (C=O) groups excluding carboxylic acids is 1. The van der Waals surface area contributed by atoms with Gasteiger partial charge >= 0.3 is 0 Å². The quantitative estimate of drug-likeness (QED) is 0.459. The Morgan fingerprint density at radius 1 is 0.844 bits per heavy atom. The number of aromatic nitrogens is 2. The van der Waals surface area contributed by atoms with E-state index in [4.69, 9.17) is 24.7 Å². The molecule has 1 aromatic heterocycles. The first-order valence-corrected chi connectivity index (χ1v) is 9.78. The summed E-state index contributed by atoms with van der Waals surface area (Å²) >= 11 is 0. The lowest BCUT2D eigenvalue weighted by Gasteiger charge is -2.13. The number of hydrogen-bond acceptors (Lipinski definition) is 7. The van der Waals surface area contributed by atoms with Gasteiger partial charge in [-0.2, -0.15) is 9.78 Å². The van der Waals surface area contributed by atoms with Crippen molar-refractivity contribution in [2.24, 2.45) is 0 Å². The maximum absolute atomic E-state index is 13.5. The molecule has 0 bridgehead atoms. The molecule has 0 amide bonds. The van der Waals surface area contributed by atoms with Gasteiger partial charge in [0.15, 0.2) is 11.5 Å². The van der Waals surface area contributed by atoms with Crippen LogP contribution in [0.25, 0.3) is 22.2 Å². The SMILES string of the molecule is COc1ccc(-c2nn(C(=O)c3cc(OC)c(OC)c(OC)c3)c3cc(N)ccc23)cc1. The third-order valence-electron chi connectivity index (χ3n) is 5.17. The van der Waals surface area contributed by atoms with E-state index in [-0.39, 0.29) is 5.91 Å². The molecule has 0 atom stereocenters. The minimum Gasteiger partial charge on any atom is -0.497 e. The van der Waals surface area contributed by atoms with Crippen molar-refractivity contribution < 1.29 is 23.7 Å². The van der Waals surface area contributed by atoms with Crippen LogP contribution in [0.3, 0.4) is 0 Å². The van der Waals surface area contributed by atoms with Crippen LogP contribution in [0.5, 0.6) is 23.0 Å². The Morgan fingerprint density at radius 2 is 1.50 bits per heavy atom. The number of fused-ring (bicyclic) bond motifs is 1. The van der Waals surface area contributed by atoms with Crippen molar-refractivity contribution in [1.29, 1.82) is 0 Å². The number of anilines is 1. The highest BCUT2D eigenvalue weighted by molar-refractivity contribution is 6.05. The van der Waals surface area contributed by atoms with Gasteiger partial charge in [0.1, 0.15) is 11.4 Å². The molecular formula is C24H23N3O5. The summed E-state index contributed by atoms with van der Waals surface area (Å²) in [6.45, 7) is 0. The van der Waals surface area contributed by atoms with Crippen LogP contribution >= 0.6 is 0 Å². The number of hydrogen-bond donors (Lipinski definition) is 1. The average molecular weight is 433 g/mol. The van der Waals surface area contributed by atoms with Gasteiger partial charge in [0.25, 0.3) is 5.91 Å². The Hall–Kier alpha value is -4.20. The number of rotatable bonds is 6. The normalized spacial score (nSPS) is 10.8. The van der Waals surface area contributed by atoms with E-state index >= 15 is 0 Å². The maximum Gasteiger partial charge on any atom is 0.279 e. The second-order valence-corrected chi connectivity index (χ2v) is 6.98. The first-order valence-electron chi connectivity index (χ1n) is 9.78. The first-order chi connectivity index (χ1) is 15.5. The maximum atomic E-state index is 13.5. The number of nitrogens with zero attached hydrogens (tertiary/aromatic N) is 2. The molecule has 8 heteroatoms. The van der Waals surface area contributed by atoms with Crippen LogP contribution in [-0.4, -0.2) is 44.1 Å². The molecule has 0 saturated heterocycles. The summed E-state index contributed by atoms with van der Waals surface area (Å²) < 4.78 is 22.7. The zero-order chi connectivity index (χ0) is 22.8. The molecule has 2 N–H and O–H groups in total. The van der Waals surface area contributed by atoms with E-state index in [9.17, 15) is 4.79 Å². The topological polar surface area (TPSA) is 97.8 Å². The summed E-state index contributed by atoms with van der Waals surface area (Å²) in [5, 5.41) is 5.44. The van der Waals surface area contributed by atoms with Crippen LogP contribution in [0.15, 0.2) is 54.6 Å². The zero-order valence-electron chi connectivity index (χ0n) is 18.2. The molecule has 0 saturated carbocycles. The Morgan fingerprint density at radius 3 is 2.06 bits per heavy atom.